The Morgan fingerprint density at radius 3 is 2.77 bits per heavy atom. The molecule has 0 aliphatic carbocycles. The Bertz CT molecular complexity index is 1190. The van der Waals surface area contributed by atoms with Crippen LogP contribution in [0.2, 0.25) is 0 Å². The number of aromatic amines is 1. The number of aromatic nitrogens is 2. The first-order chi connectivity index (χ1) is 12.5. The number of hydrogen-bond donors (Lipinski definition) is 2. The molecule has 0 bridgehead atoms. The van der Waals surface area contributed by atoms with Gasteiger partial charge in [0, 0.05) is 10.8 Å². The summed E-state index contributed by atoms with van der Waals surface area (Å²) in [6.07, 6.45) is 0. The van der Waals surface area contributed by atoms with E-state index in [-0.39, 0.29) is 17.3 Å². The molecule has 128 valence electrons. The number of aryl methyl sites for hydroxylation is 2. The highest BCUT2D eigenvalue weighted by molar-refractivity contribution is 5.98. The molecule has 1 amide bonds. The molecule has 0 aliphatic heterocycles. The molecule has 0 fully saturated rings. The van der Waals surface area contributed by atoms with Crippen molar-refractivity contribution in [2.75, 3.05) is 0 Å². The number of amides is 1. The molecule has 4 aromatic rings. The molecule has 0 unspecified atom stereocenters. The average Bonchev–Trinajstić information content (AvgIpc) is 2.95. The van der Waals surface area contributed by atoms with Gasteiger partial charge in [-0.25, -0.2) is 4.98 Å². The highest BCUT2D eigenvalue weighted by Crippen LogP contribution is 2.37. The summed E-state index contributed by atoms with van der Waals surface area (Å²) in [4.78, 5) is 19.5. The van der Waals surface area contributed by atoms with E-state index < -0.39 is 5.91 Å². The van der Waals surface area contributed by atoms with Gasteiger partial charge in [0.1, 0.15) is 5.69 Å². The van der Waals surface area contributed by atoms with E-state index in [1.54, 1.807) is 6.07 Å². The second kappa shape index (κ2) is 6.07. The Morgan fingerprint density at radius 2 is 1.92 bits per heavy atom. The Balaban J connectivity index is 1.72. The lowest BCUT2D eigenvalue weighted by molar-refractivity contribution is 0.0990. The Kier molecular flexibility index (Phi) is 3.73. The van der Waals surface area contributed by atoms with Gasteiger partial charge in [0.05, 0.1) is 11.0 Å². The van der Waals surface area contributed by atoms with Crippen LogP contribution in [0.4, 0.5) is 5.69 Å². The molecule has 6 heteroatoms. The third-order valence-corrected chi connectivity index (χ3v) is 4.26. The maximum absolute atomic E-state index is 12.4. The van der Waals surface area contributed by atoms with E-state index in [0.29, 0.717) is 0 Å². The quantitative estimate of drug-likeness (QED) is 0.503. The summed E-state index contributed by atoms with van der Waals surface area (Å²) in [6.45, 7) is 3.90. The van der Waals surface area contributed by atoms with Crippen LogP contribution < -0.4 is 0 Å². The third-order valence-electron chi connectivity index (χ3n) is 4.26. The van der Waals surface area contributed by atoms with Gasteiger partial charge in [-0.2, -0.15) is 0 Å². The number of nitrogens with zero attached hydrogens (tertiary/aromatic N) is 3. The molecular formula is C20H16N4O2. The van der Waals surface area contributed by atoms with Crippen molar-refractivity contribution >= 4 is 33.4 Å². The van der Waals surface area contributed by atoms with Crippen LogP contribution in [0.5, 0.6) is 5.88 Å². The zero-order chi connectivity index (χ0) is 18.3. The van der Waals surface area contributed by atoms with Crippen molar-refractivity contribution in [3.8, 4) is 5.88 Å². The minimum Gasteiger partial charge on any atom is -0.493 e. The largest absolute Gasteiger partial charge is 0.493 e. The number of aromatic hydroxyl groups is 1. The predicted molar refractivity (Wildman–Crippen MR) is 100 cm³/mol. The monoisotopic (exact) mass is 344 g/mol. The standard InChI is InChI=1S/C20H16N4O2/c1-11-9-12(2)17-14(10-11)18(20(26)22-17)23-24-19(25)16-8-7-13-5-3-4-6-15(13)21-16/h3-10,22,26H,1-2H3. The summed E-state index contributed by atoms with van der Waals surface area (Å²) in [7, 11) is 0. The van der Waals surface area contributed by atoms with Gasteiger partial charge in [-0.3, -0.25) is 4.79 Å². The predicted octanol–water partition coefficient (Wildman–Crippen LogP) is 4.96. The van der Waals surface area contributed by atoms with Gasteiger partial charge in [0.2, 0.25) is 5.88 Å². The van der Waals surface area contributed by atoms with Gasteiger partial charge in [-0.05, 0) is 37.6 Å². The number of nitrogens with one attached hydrogen (secondary N) is 1. The van der Waals surface area contributed by atoms with Crippen molar-refractivity contribution < 1.29 is 9.90 Å². The first-order valence-electron chi connectivity index (χ1n) is 8.16. The topological polar surface area (TPSA) is 90.7 Å². The molecule has 2 N–H and O–H groups in total. The van der Waals surface area contributed by atoms with Crippen LogP contribution in [-0.4, -0.2) is 21.0 Å². The molecule has 0 spiro atoms. The van der Waals surface area contributed by atoms with E-state index in [4.69, 9.17) is 0 Å². The second-order valence-electron chi connectivity index (χ2n) is 6.22. The third kappa shape index (κ3) is 2.71. The smallest absolute Gasteiger partial charge is 0.313 e. The number of carbonyl (C=O) groups excluding carboxylic acids is 1. The number of para-hydroxylation sites is 1. The summed E-state index contributed by atoms with van der Waals surface area (Å²) >= 11 is 0. The SMILES string of the molecule is Cc1cc(C)c2[nH]c(O)c(N=NC(=O)c3ccc4ccccc4n3)c2c1. The maximum atomic E-state index is 12.4. The zero-order valence-corrected chi connectivity index (χ0v) is 14.3. The van der Waals surface area contributed by atoms with Gasteiger partial charge in [0.25, 0.3) is 0 Å². The molecule has 0 radical (unpaired) electrons. The highest BCUT2D eigenvalue weighted by atomic mass is 16.3. The Morgan fingerprint density at radius 1 is 1.12 bits per heavy atom. The molecule has 4 rings (SSSR count). The summed E-state index contributed by atoms with van der Waals surface area (Å²) in [6, 6.07) is 14.9. The van der Waals surface area contributed by atoms with Crippen LogP contribution in [0.1, 0.15) is 21.6 Å². The Labute approximate surface area is 149 Å². The van der Waals surface area contributed by atoms with Crippen LogP contribution in [0.25, 0.3) is 21.8 Å². The maximum Gasteiger partial charge on any atom is 0.313 e. The molecule has 2 heterocycles. The number of hydrogen-bond acceptors (Lipinski definition) is 4. The fourth-order valence-corrected chi connectivity index (χ4v) is 3.06. The molecule has 0 atom stereocenters. The van der Waals surface area contributed by atoms with Gasteiger partial charge in [-0.1, -0.05) is 35.9 Å². The molecule has 0 saturated carbocycles. The normalized spacial score (nSPS) is 11.6. The first-order valence-corrected chi connectivity index (χ1v) is 8.16. The molecular weight excluding hydrogens is 328 g/mol. The summed E-state index contributed by atoms with van der Waals surface area (Å²) < 4.78 is 0. The van der Waals surface area contributed by atoms with Crippen molar-refractivity contribution in [3.63, 3.8) is 0 Å². The van der Waals surface area contributed by atoms with Crippen molar-refractivity contribution in [2.45, 2.75) is 13.8 Å². The summed E-state index contributed by atoms with van der Waals surface area (Å²) in [5.74, 6) is -0.675. The van der Waals surface area contributed by atoms with Crippen molar-refractivity contribution in [1.29, 1.82) is 0 Å². The molecule has 0 aliphatic rings. The van der Waals surface area contributed by atoms with E-state index in [1.165, 1.54) is 0 Å². The van der Waals surface area contributed by atoms with Crippen molar-refractivity contribution in [3.05, 3.63) is 65.4 Å². The summed E-state index contributed by atoms with van der Waals surface area (Å²) in [5, 5.41) is 19.6. The lowest BCUT2D eigenvalue weighted by Crippen LogP contribution is -1.97. The number of H-pyrrole nitrogens is 1. The van der Waals surface area contributed by atoms with Crippen LogP contribution in [0, 0.1) is 13.8 Å². The highest BCUT2D eigenvalue weighted by Gasteiger charge is 2.14. The van der Waals surface area contributed by atoms with Crippen molar-refractivity contribution in [1.82, 2.24) is 9.97 Å². The first kappa shape index (κ1) is 16.0. The van der Waals surface area contributed by atoms with Crippen LogP contribution in [-0.2, 0) is 0 Å². The summed E-state index contributed by atoms with van der Waals surface area (Å²) in [5.41, 5.74) is 3.97. The fraction of sp³-hybridized carbons (Fsp3) is 0.100. The lowest BCUT2D eigenvalue weighted by atomic mass is 10.1. The average molecular weight is 344 g/mol. The van der Waals surface area contributed by atoms with E-state index in [0.717, 1.165) is 32.9 Å². The van der Waals surface area contributed by atoms with Crippen LogP contribution in [0.15, 0.2) is 58.8 Å². The Hall–Kier alpha value is -3.54. The van der Waals surface area contributed by atoms with Crippen LogP contribution >= 0.6 is 0 Å². The van der Waals surface area contributed by atoms with E-state index in [2.05, 4.69) is 20.2 Å². The minimum absolute atomic E-state index is 0.114. The molecule has 26 heavy (non-hydrogen) atoms. The number of benzene rings is 2. The zero-order valence-electron chi connectivity index (χ0n) is 14.3. The van der Waals surface area contributed by atoms with Gasteiger partial charge >= 0.3 is 5.91 Å². The number of azo groups is 1. The number of fused-ring (bicyclic) bond motifs is 2. The second-order valence-corrected chi connectivity index (χ2v) is 6.22. The molecule has 2 aromatic carbocycles. The number of rotatable bonds is 2. The van der Waals surface area contributed by atoms with Crippen LogP contribution in [0.3, 0.4) is 0 Å². The minimum atomic E-state index is -0.561. The van der Waals surface area contributed by atoms with Gasteiger partial charge in [0.15, 0.2) is 5.69 Å². The number of carbonyl (C=O) groups is 1. The molecule has 2 aromatic heterocycles. The van der Waals surface area contributed by atoms with E-state index in [1.807, 2.05) is 56.3 Å². The fourth-order valence-electron chi connectivity index (χ4n) is 3.06. The van der Waals surface area contributed by atoms with Crippen molar-refractivity contribution in [2.24, 2.45) is 10.2 Å². The molecule has 6 nitrogen and oxygen atoms in total. The van der Waals surface area contributed by atoms with E-state index in [9.17, 15) is 9.90 Å². The number of pyridine rings is 1. The lowest BCUT2D eigenvalue weighted by Gasteiger charge is -1.99. The van der Waals surface area contributed by atoms with E-state index >= 15 is 0 Å². The molecule has 0 saturated heterocycles. The van der Waals surface area contributed by atoms with Gasteiger partial charge in [-0.15, -0.1) is 10.2 Å². The van der Waals surface area contributed by atoms with Gasteiger partial charge < -0.3 is 10.1 Å².